The highest BCUT2D eigenvalue weighted by Crippen LogP contribution is 2.30. The summed E-state index contributed by atoms with van der Waals surface area (Å²) in [5, 5.41) is 0. The lowest BCUT2D eigenvalue weighted by Crippen LogP contribution is -2.65. The van der Waals surface area contributed by atoms with E-state index in [1.165, 1.54) is 0 Å². The molecule has 1 amide bonds. The number of amides is 1. The number of likely N-dealkylation sites (tertiary alicyclic amines) is 1. The maximum atomic E-state index is 14.1. The molecule has 8 nitrogen and oxygen atoms in total. The minimum absolute atomic E-state index is 0.134. The number of benzene rings is 5. The molecule has 0 unspecified atom stereocenters. The first-order valence-corrected chi connectivity index (χ1v) is 17.3. The molecule has 0 aliphatic carbocycles. The van der Waals surface area contributed by atoms with Crippen LogP contribution in [0.2, 0.25) is 0 Å². The summed E-state index contributed by atoms with van der Waals surface area (Å²) in [5.74, 6) is 0.759. The number of hydrogen-bond acceptors (Lipinski definition) is 7. The third-order valence-electron chi connectivity index (χ3n) is 8.88. The quantitative estimate of drug-likeness (QED) is 0.104. The SMILES string of the molecule is COc1ccc(CO[C@H]2[C@H](OCc3ccccc3)[C@@H](OCc3ccccc3)CN(C(=O)OCc3ccccc3)[C@@H]2COCc2ccccc2)cc1. The van der Waals surface area contributed by atoms with Crippen molar-refractivity contribution in [2.45, 2.75) is 57.4 Å². The van der Waals surface area contributed by atoms with Crippen LogP contribution in [0.5, 0.6) is 5.75 Å². The summed E-state index contributed by atoms with van der Waals surface area (Å²) in [5.41, 5.74) is 4.92. The van der Waals surface area contributed by atoms with E-state index in [1.54, 1.807) is 12.0 Å². The summed E-state index contributed by atoms with van der Waals surface area (Å²) in [7, 11) is 1.64. The monoisotopic (exact) mass is 687 g/mol. The zero-order chi connectivity index (χ0) is 35.1. The molecule has 0 spiro atoms. The number of methoxy groups -OCH3 is 1. The fourth-order valence-corrected chi connectivity index (χ4v) is 6.12. The van der Waals surface area contributed by atoms with Crippen LogP contribution >= 0.6 is 0 Å². The zero-order valence-corrected chi connectivity index (χ0v) is 28.9. The van der Waals surface area contributed by atoms with Crippen molar-refractivity contribution >= 4 is 6.09 Å². The van der Waals surface area contributed by atoms with E-state index in [-0.39, 0.29) is 26.4 Å². The smallest absolute Gasteiger partial charge is 0.410 e. The molecule has 1 fully saturated rings. The number of rotatable bonds is 16. The summed E-state index contributed by atoms with van der Waals surface area (Å²) in [4.78, 5) is 15.8. The average Bonchev–Trinajstić information content (AvgIpc) is 3.19. The summed E-state index contributed by atoms with van der Waals surface area (Å²) in [6.07, 6.45) is -2.19. The molecular weight excluding hydrogens is 642 g/mol. The van der Waals surface area contributed by atoms with Crippen molar-refractivity contribution in [3.05, 3.63) is 173 Å². The molecule has 8 heteroatoms. The van der Waals surface area contributed by atoms with Crippen LogP contribution in [0.4, 0.5) is 4.79 Å². The van der Waals surface area contributed by atoms with E-state index >= 15 is 0 Å². The predicted octanol–water partition coefficient (Wildman–Crippen LogP) is 7.99. The molecule has 264 valence electrons. The highest BCUT2D eigenvalue weighted by molar-refractivity contribution is 5.68. The Balaban J connectivity index is 1.31. The van der Waals surface area contributed by atoms with E-state index in [1.807, 2.05) is 146 Å². The van der Waals surface area contributed by atoms with Crippen molar-refractivity contribution in [2.75, 3.05) is 20.3 Å². The Morgan fingerprint density at radius 1 is 0.549 bits per heavy atom. The van der Waals surface area contributed by atoms with Gasteiger partial charge in [0.15, 0.2) is 0 Å². The molecule has 0 bridgehead atoms. The zero-order valence-electron chi connectivity index (χ0n) is 28.9. The Kier molecular flexibility index (Phi) is 13.2. The van der Waals surface area contributed by atoms with Crippen LogP contribution in [0.3, 0.4) is 0 Å². The lowest BCUT2D eigenvalue weighted by Gasteiger charge is -2.47. The van der Waals surface area contributed by atoms with Gasteiger partial charge < -0.3 is 28.4 Å². The third kappa shape index (κ3) is 10.5. The Hall–Kier alpha value is -4.99. The van der Waals surface area contributed by atoms with Gasteiger partial charge in [0.05, 0.1) is 52.7 Å². The average molecular weight is 688 g/mol. The topological polar surface area (TPSA) is 75.7 Å². The maximum absolute atomic E-state index is 14.1. The van der Waals surface area contributed by atoms with Crippen LogP contribution in [0.25, 0.3) is 0 Å². The van der Waals surface area contributed by atoms with Crippen molar-refractivity contribution in [3.63, 3.8) is 0 Å². The van der Waals surface area contributed by atoms with Crippen molar-refractivity contribution in [1.82, 2.24) is 4.90 Å². The lowest BCUT2D eigenvalue weighted by molar-refractivity contribution is -0.205. The molecule has 0 radical (unpaired) electrons. The van der Waals surface area contributed by atoms with Gasteiger partial charge in [0, 0.05) is 0 Å². The van der Waals surface area contributed by atoms with Gasteiger partial charge in [-0.1, -0.05) is 133 Å². The van der Waals surface area contributed by atoms with Gasteiger partial charge in [-0.2, -0.15) is 0 Å². The second kappa shape index (κ2) is 18.8. The van der Waals surface area contributed by atoms with Crippen LogP contribution in [-0.2, 0) is 56.7 Å². The second-order valence-corrected chi connectivity index (χ2v) is 12.5. The molecule has 0 saturated carbocycles. The summed E-state index contributed by atoms with van der Waals surface area (Å²) >= 11 is 0. The molecule has 5 aromatic carbocycles. The normalized spacial score (nSPS) is 18.6. The maximum Gasteiger partial charge on any atom is 0.410 e. The second-order valence-electron chi connectivity index (χ2n) is 12.5. The standard InChI is InChI=1S/C43H45NO7/c1-46-38-24-22-37(23-25-38)30-49-41-39(32-47-27-33-14-6-2-7-15-33)44(43(45)51-31-36-20-12-5-13-21-36)26-40(48-28-34-16-8-3-9-17-34)42(41)50-29-35-18-10-4-11-19-35/h2-25,39-42H,26-32H2,1H3/t39-,40+,41-,42-/m1/s1. The van der Waals surface area contributed by atoms with E-state index in [4.69, 9.17) is 28.4 Å². The minimum Gasteiger partial charge on any atom is -0.497 e. The molecule has 4 atom stereocenters. The highest BCUT2D eigenvalue weighted by Gasteiger charge is 2.48. The Labute approximate surface area is 300 Å². The van der Waals surface area contributed by atoms with Gasteiger partial charge in [0.1, 0.15) is 30.7 Å². The molecule has 1 aliphatic heterocycles. The number of hydrogen-bond donors (Lipinski definition) is 0. The van der Waals surface area contributed by atoms with Crippen LogP contribution < -0.4 is 4.74 Å². The summed E-state index contributed by atoms with van der Waals surface area (Å²) < 4.78 is 37.9. The van der Waals surface area contributed by atoms with Gasteiger partial charge in [0.2, 0.25) is 0 Å². The number of ether oxygens (including phenoxy) is 6. The van der Waals surface area contributed by atoms with E-state index in [2.05, 4.69) is 0 Å². The van der Waals surface area contributed by atoms with E-state index in [0.717, 1.165) is 33.6 Å². The summed E-state index contributed by atoms with van der Waals surface area (Å²) in [6, 6.07) is 46.8. The Bertz CT molecular complexity index is 1720. The van der Waals surface area contributed by atoms with Crippen molar-refractivity contribution in [2.24, 2.45) is 0 Å². The Morgan fingerprint density at radius 3 is 1.53 bits per heavy atom. The predicted molar refractivity (Wildman–Crippen MR) is 195 cm³/mol. The fourth-order valence-electron chi connectivity index (χ4n) is 6.12. The molecule has 51 heavy (non-hydrogen) atoms. The van der Waals surface area contributed by atoms with E-state index in [0.29, 0.717) is 19.8 Å². The molecular formula is C43H45NO7. The van der Waals surface area contributed by atoms with Crippen LogP contribution in [0.15, 0.2) is 146 Å². The largest absolute Gasteiger partial charge is 0.497 e. The van der Waals surface area contributed by atoms with Gasteiger partial charge in [-0.05, 0) is 39.9 Å². The van der Waals surface area contributed by atoms with Crippen molar-refractivity contribution in [3.8, 4) is 5.75 Å². The summed E-state index contributed by atoms with van der Waals surface area (Å²) in [6.45, 7) is 1.88. The van der Waals surface area contributed by atoms with Gasteiger partial charge in [-0.3, -0.25) is 4.90 Å². The fraction of sp³-hybridized carbons (Fsp3) is 0.279. The van der Waals surface area contributed by atoms with Gasteiger partial charge in [-0.15, -0.1) is 0 Å². The van der Waals surface area contributed by atoms with Gasteiger partial charge in [0.25, 0.3) is 0 Å². The van der Waals surface area contributed by atoms with Gasteiger partial charge >= 0.3 is 6.09 Å². The first-order valence-electron chi connectivity index (χ1n) is 17.3. The van der Waals surface area contributed by atoms with E-state index in [9.17, 15) is 4.79 Å². The third-order valence-corrected chi connectivity index (χ3v) is 8.88. The number of carbonyl (C=O) groups is 1. The minimum atomic E-state index is -0.634. The number of carbonyl (C=O) groups excluding carboxylic acids is 1. The molecule has 0 N–H and O–H groups in total. The molecule has 0 aromatic heterocycles. The van der Waals surface area contributed by atoms with Crippen LogP contribution in [0.1, 0.15) is 27.8 Å². The molecule has 1 heterocycles. The molecule has 6 rings (SSSR count). The van der Waals surface area contributed by atoms with Gasteiger partial charge in [-0.25, -0.2) is 4.79 Å². The first kappa shape index (κ1) is 35.8. The molecule has 1 aliphatic rings. The van der Waals surface area contributed by atoms with Crippen molar-refractivity contribution in [1.29, 1.82) is 0 Å². The first-order chi connectivity index (χ1) is 25.2. The van der Waals surface area contributed by atoms with Crippen molar-refractivity contribution < 1.29 is 33.2 Å². The number of piperidine rings is 1. The Morgan fingerprint density at radius 2 is 1.00 bits per heavy atom. The number of nitrogens with zero attached hydrogens (tertiary/aromatic N) is 1. The van der Waals surface area contributed by atoms with Crippen LogP contribution in [-0.4, -0.2) is 55.6 Å². The van der Waals surface area contributed by atoms with Crippen LogP contribution in [0, 0.1) is 0 Å². The lowest BCUT2D eigenvalue weighted by atomic mass is 9.93. The highest BCUT2D eigenvalue weighted by atomic mass is 16.6. The molecule has 5 aromatic rings. The molecule has 1 saturated heterocycles. The van der Waals surface area contributed by atoms with E-state index < -0.39 is 30.4 Å².